The van der Waals surface area contributed by atoms with Crippen LogP contribution >= 0.6 is 0 Å². The van der Waals surface area contributed by atoms with E-state index in [0.29, 0.717) is 3.63 Å². The number of benzene rings is 2. The van der Waals surface area contributed by atoms with Gasteiger partial charge in [0.05, 0.1) is 0 Å². The fourth-order valence-electron chi connectivity index (χ4n) is 5.53. The summed E-state index contributed by atoms with van der Waals surface area (Å²) in [6.45, 7) is 26.4. The van der Waals surface area contributed by atoms with Crippen LogP contribution in [0.4, 0.5) is 0 Å². The first-order chi connectivity index (χ1) is 15.6. The maximum absolute atomic E-state index is 2.67. The van der Waals surface area contributed by atoms with Gasteiger partial charge in [0.25, 0.3) is 0 Å². The van der Waals surface area contributed by atoms with Gasteiger partial charge >= 0.3 is 219 Å². The molecule has 4 heteroatoms. The third kappa shape index (κ3) is 6.03. The van der Waals surface area contributed by atoms with Gasteiger partial charge in [-0.2, -0.15) is 0 Å². The van der Waals surface area contributed by atoms with Crippen molar-refractivity contribution in [3.05, 3.63) is 79.3 Å². The minimum Gasteiger partial charge on any atom is -1.00 e. The molecule has 2 aliphatic carbocycles. The van der Waals surface area contributed by atoms with E-state index in [4.69, 9.17) is 0 Å². The smallest absolute Gasteiger partial charge is 1.00 e. The molecule has 0 fully saturated rings. The molecule has 0 atom stereocenters. The maximum atomic E-state index is 2.67. The molecule has 0 spiro atoms. The van der Waals surface area contributed by atoms with Crippen LogP contribution in [0.2, 0.25) is 19.6 Å². The predicted molar refractivity (Wildman–Crippen MR) is 152 cm³/mol. The van der Waals surface area contributed by atoms with Gasteiger partial charge in [-0.05, 0) is 0 Å². The van der Waals surface area contributed by atoms with Gasteiger partial charge in [0.2, 0.25) is 0 Å². The zero-order valence-corrected chi connectivity index (χ0v) is 29.1. The Balaban J connectivity index is 0.00000228. The van der Waals surface area contributed by atoms with Crippen LogP contribution in [0.15, 0.2) is 57.0 Å². The Hall–Kier alpha value is -0.530. The molecule has 0 N–H and O–H groups in total. The minimum atomic E-state index is -2.12. The zero-order valence-electron chi connectivity index (χ0n) is 24.2. The molecule has 0 heterocycles. The van der Waals surface area contributed by atoms with Crippen LogP contribution in [0.5, 0.6) is 0 Å². The molecule has 194 valence electrons. The standard InChI is InChI=1S/C21H25.C8H13Si.C3H6.2ClH.Zr/c1-20(2,3)16-9-7-14-11-15-8-10-17(21(4,5)6)13-19(15)18(14)12-16;1-9(2,3)8-6-4-5-7-8;1-3-2;;;/h7-13H,1-6H3;6-7H,4H2,1-3H3;1-2H3;2*1H;/q;;;;;+2/p-2. The van der Waals surface area contributed by atoms with Gasteiger partial charge in [0.15, 0.2) is 0 Å². The molecule has 0 unspecified atom stereocenters. The third-order valence-corrected chi connectivity index (χ3v) is 17.9. The average molecular weight is 619 g/mol. The fraction of sp³-hybridized carbons (Fsp3) is 0.469. The zero-order chi connectivity index (χ0) is 25.2. The number of allylic oxidation sites excluding steroid dienone is 4. The largest absolute Gasteiger partial charge is 1.00 e. The number of rotatable bonds is 3. The van der Waals surface area contributed by atoms with Crippen molar-refractivity contribution >= 4 is 11.3 Å². The summed E-state index contributed by atoms with van der Waals surface area (Å²) in [6.07, 6.45) is 6.44. The molecule has 2 aliphatic rings. The number of halogens is 2. The number of hydrogen-bond acceptors (Lipinski definition) is 0. The Morgan fingerprint density at radius 2 is 1.22 bits per heavy atom. The SMILES string of the molecule is C[C](C)=[Zr+2]([C]1=CC([Si](C)(C)C)=CC1)[CH]1c2ccc(C(C)(C)C)cc2-c2cc(C(C)(C)C)ccc21.[Cl-].[Cl-]. The second kappa shape index (κ2) is 10.9. The van der Waals surface area contributed by atoms with Gasteiger partial charge in [-0.1, -0.05) is 0 Å². The van der Waals surface area contributed by atoms with E-state index in [-0.39, 0.29) is 35.6 Å². The van der Waals surface area contributed by atoms with Gasteiger partial charge in [-0.25, -0.2) is 0 Å². The summed E-state index contributed by atoms with van der Waals surface area (Å²) in [5.74, 6) is 0. The Labute approximate surface area is 242 Å². The first-order valence-corrected chi connectivity index (χ1v) is 20.3. The van der Waals surface area contributed by atoms with Crippen molar-refractivity contribution in [3.63, 3.8) is 0 Å². The Morgan fingerprint density at radius 1 is 0.778 bits per heavy atom. The monoisotopic (exact) mass is 616 g/mol. The van der Waals surface area contributed by atoms with Gasteiger partial charge < -0.3 is 24.8 Å². The van der Waals surface area contributed by atoms with Crippen molar-refractivity contribution in [1.82, 2.24) is 0 Å². The van der Waals surface area contributed by atoms with E-state index in [9.17, 15) is 0 Å². The molecular formula is C32H44Cl2SiZr. The summed E-state index contributed by atoms with van der Waals surface area (Å²) < 4.78 is 4.13. The first kappa shape index (κ1) is 31.7. The normalized spacial score (nSPS) is 15.1. The van der Waals surface area contributed by atoms with Crippen LogP contribution in [0.3, 0.4) is 0 Å². The second-order valence-electron chi connectivity index (χ2n) is 13.7. The van der Waals surface area contributed by atoms with E-state index in [1.165, 1.54) is 28.7 Å². The molecule has 0 bridgehead atoms. The summed E-state index contributed by atoms with van der Waals surface area (Å²) in [6, 6.07) is 14.9. The molecule has 0 aromatic heterocycles. The summed E-state index contributed by atoms with van der Waals surface area (Å²) in [5, 5.41) is 1.67. The molecule has 0 nitrogen and oxygen atoms in total. The van der Waals surface area contributed by atoms with Crippen LogP contribution in [0, 0.1) is 0 Å². The van der Waals surface area contributed by atoms with Gasteiger partial charge in [0, 0.05) is 0 Å². The molecule has 0 aliphatic heterocycles. The molecule has 0 radical (unpaired) electrons. The van der Waals surface area contributed by atoms with Crippen LogP contribution in [-0.4, -0.2) is 11.3 Å². The summed E-state index contributed by atoms with van der Waals surface area (Å²) >= 11 is -2.12. The fourth-order valence-corrected chi connectivity index (χ4v) is 15.4. The Bertz CT molecular complexity index is 1180. The summed E-state index contributed by atoms with van der Waals surface area (Å²) in [5.41, 5.74) is 9.44. The van der Waals surface area contributed by atoms with E-state index in [2.05, 4.69) is 124 Å². The molecule has 36 heavy (non-hydrogen) atoms. The summed E-state index contributed by atoms with van der Waals surface area (Å²) in [7, 11) is -1.28. The molecule has 0 saturated carbocycles. The number of fused-ring (bicyclic) bond motifs is 3. The maximum Gasteiger partial charge on any atom is -1.00 e. The van der Waals surface area contributed by atoms with Crippen LogP contribution in [0.1, 0.15) is 87.7 Å². The Kier molecular flexibility index (Phi) is 9.61. The van der Waals surface area contributed by atoms with Gasteiger partial charge in [-0.3, -0.25) is 0 Å². The number of hydrogen-bond donors (Lipinski definition) is 0. The molecule has 0 amide bonds. The molecule has 4 rings (SSSR count). The first-order valence-electron chi connectivity index (χ1n) is 13.0. The predicted octanol–water partition coefficient (Wildman–Crippen LogP) is 3.28. The van der Waals surface area contributed by atoms with Crippen molar-refractivity contribution in [2.24, 2.45) is 0 Å². The van der Waals surface area contributed by atoms with E-state index in [0.717, 1.165) is 0 Å². The molecular weight excluding hydrogens is 575 g/mol. The van der Waals surface area contributed by atoms with E-state index >= 15 is 0 Å². The Morgan fingerprint density at radius 3 is 1.56 bits per heavy atom. The van der Waals surface area contributed by atoms with E-state index in [1.807, 2.05) is 3.28 Å². The van der Waals surface area contributed by atoms with Crippen molar-refractivity contribution in [2.45, 2.75) is 95.9 Å². The van der Waals surface area contributed by atoms with Crippen LogP contribution in [0.25, 0.3) is 11.1 Å². The van der Waals surface area contributed by atoms with Crippen molar-refractivity contribution < 1.29 is 46.1 Å². The topological polar surface area (TPSA) is 0 Å². The molecule has 2 aromatic carbocycles. The minimum absolute atomic E-state index is 0. The van der Waals surface area contributed by atoms with Gasteiger partial charge in [0.1, 0.15) is 0 Å². The van der Waals surface area contributed by atoms with Gasteiger partial charge in [-0.15, -0.1) is 0 Å². The van der Waals surface area contributed by atoms with Crippen LogP contribution < -0.4 is 24.8 Å². The quantitative estimate of drug-likeness (QED) is 0.464. The molecule has 0 saturated heterocycles. The average Bonchev–Trinajstić information content (AvgIpc) is 3.30. The second-order valence-corrected chi connectivity index (χ2v) is 26.3. The van der Waals surface area contributed by atoms with Crippen molar-refractivity contribution in [1.29, 1.82) is 0 Å². The van der Waals surface area contributed by atoms with Crippen molar-refractivity contribution in [3.8, 4) is 11.1 Å². The van der Waals surface area contributed by atoms with Crippen molar-refractivity contribution in [2.75, 3.05) is 0 Å². The third-order valence-electron chi connectivity index (χ3n) is 7.66. The van der Waals surface area contributed by atoms with Crippen LogP contribution in [-0.2, 0) is 32.1 Å². The van der Waals surface area contributed by atoms with E-state index < -0.39 is 29.3 Å². The summed E-state index contributed by atoms with van der Waals surface area (Å²) in [4.78, 5) is 0. The molecule has 2 aromatic rings. The van der Waals surface area contributed by atoms with E-state index in [1.54, 1.807) is 19.5 Å².